The van der Waals surface area contributed by atoms with Crippen LogP contribution in [0.5, 0.6) is 0 Å². The average molecular weight is 194 g/mol. The lowest BCUT2D eigenvalue weighted by molar-refractivity contribution is 0.277. The Hall–Kier alpha value is 0. The largest absolute Gasteiger partial charge is 0.0654 e. The highest BCUT2D eigenvalue weighted by atomic mass is 15.0. The standard InChI is InChI=1S/C14H26/c1-6-8-14-11(7-2)13(14,5)12(14)9-10(3)4/h10-12H,6-9H2,1-5H3. The Bertz CT molecular complexity index is 230. The second kappa shape index (κ2) is 3.00. The molecule has 2 saturated carbocycles. The molecule has 82 valence electrons. The minimum absolute atomic E-state index is 0.780. The van der Waals surface area contributed by atoms with Gasteiger partial charge in [-0.05, 0) is 41.4 Å². The molecule has 0 spiro atoms. The Morgan fingerprint density at radius 1 is 1.14 bits per heavy atom. The molecular formula is C14H26. The fourth-order valence-electron chi connectivity index (χ4n) is 4.84. The highest BCUT2D eigenvalue weighted by Gasteiger charge is 2.92. The van der Waals surface area contributed by atoms with Gasteiger partial charge in [-0.2, -0.15) is 0 Å². The van der Waals surface area contributed by atoms with E-state index in [4.69, 9.17) is 0 Å². The van der Waals surface area contributed by atoms with Gasteiger partial charge in [-0.15, -0.1) is 0 Å². The Balaban J connectivity index is 2.00. The summed E-state index contributed by atoms with van der Waals surface area (Å²) < 4.78 is 0. The van der Waals surface area contributed by atoms with Crippen molar-refractivity contribution in [3.05, 3.63) is 0 Å². The van der Waals surface area contributed by atoms with Gasteiger partial charge in [-0.1, -0.05) is 47.5 Å². The summed E-state index contributed by atoms with van der Waals surface area (Å²) in [5.41, 5.74) is 1.60. The SMILES string of the molecule is CCCC12C(CC)C1(C)C2CC(C)C. The smallest absolute Gasteiger partial charge is 0.0170 e. The molecule has 0 aromatic rings. The second-order valence-corrected chi connectivity index (χ2v) is 6.22. The molecule has 0 bridgehead atoms. The van der Waals surface area contributed by atoms with Crippen LogP contribution < -0.4 is 0 Å². The van der Waals surface area contributed by atoms with E-state index in [-0.39, 0.29) is 0 Å². The van der Waals surface area contributed by atoms with Gasteiger partial charge in [-0.25, -0.2) is 0 Å². The molecule has 2 aliphatic rings. The quantitative estimate of drug-likeness (QED) is 0.604. The van der Waals surface area contributed by atoms with E-state index in [1.807, 2.05) is 0 Å². The first-order chi connectivity index (χ1) is 6.55. The minimum atomic E-state index is 0.780. The molecule has 0 aromatic carbocycles. The van der Waals surface area contributed by atoms with Crippen LogP contribution in [0.3, 0.4) is 0 Å². The zero-order chi connectivity index (χ0) is 10.6. The maximum atomic E-state index is 2.56. The third-order valence-corrected chi connectivity index (χ3v) is 5.31. The highest BCUT2D eigenvalue weighted by Crippen LogP contribution is 2.96. The summed E-state index contributed by atoms with van der Waals surface area (Å²) in [6, 6.07) is 0. The lowest BCUT2D eigenvalue weighted by Crippen LogP contribution is -2.14. The van der Waals surface area contributed by atoms with E-state index in [0.717, 1.165) is 28.6 Å². The summed E-state index contributed by atoms with van der Waals surface area (Å²) in [5.74, 6) is 3.06. The molecule has 0 N–H and O–H groups in total. The van der Waals surface area contributed by atoms with Gasteiger partial charge in [0.2, 0.25) is 0 Å². The van der Waals surface area contributed by atoms with Crippen molar-refractivity contribution in [2.45, 2.75) is 60.3 Å². The molecule has 2 aliphatic carbocycles. The van der Waals surface area contributed by atoms with Crippen LogP contribution in [0.4, 0.5) is 0 Å². The first-order valence-corrected chi connectivity index (χ1v) is 6.55. The molecule has 0 aromatic heterocycles. The number of rotatable bonds is 5. The summed E-state index contributed by atoms with van der Waals surface area (Å²) in [6.07, 6.45) is 5.79. The van der Waals surface area contributed by atoms with Crippen LogP contribution in [0, 0.1) is 28.6 Å². The van der Waals surface area contributed by atoms with Crippen molar-refractivity contribution in [1.82, 2.24) is 0 Å². The van der Waals surface area contributed by atoms with E-state index in [1.54, 1.807) is 0 Å². The molecule has 2 rings (SSSR count). The van der Waals surface area contributed by atoms with E-state index in [0.29, 0.717) is 0 Å². The van der Waals surface area contributed by atoms with Crippen LogP contribution in [0.1, 0.15) is 60.3 Å². The molecule has 0 saturated heterocycles. The predicted molar refractivity (Wildman–Crippen MR) is 62.2 cm³/mol. The molecule has 14 heavy (non-hydrogen) atoms. The minimum Gasteiger partial charge on any atom is -0.0654 e. The van der Waals surface area contributed by atoms with Crippen LogP contribution in [0.2, 0.25) is 0 Å². The molecule has 4 unspecified atom stereocenters. The van der Waals surface area contributed by atoms with Gasteiger partial charge in [0.05, 0.1) is 0 Å². The first kappa shape index (κ1) is 10.5. The van der Waals surface area contributed by atoms with E-state index < -0.39 is 0 Å². The van der Waals surface area contributed by atoms with Gasteiger partial charge < -0.3 is 0 Å². The van der Waals surface area contributed by atoms with Crippen molar-refractivity contribution in [1.29, 1.82) is 0 Å². The number of fused-ring (bicyclic) bond motifs is 1. The fraction of sp³-hybridized carbons (Fsp3) is 1.00. The van der Waals surface area contributed by atoms with Gasteiger partial charge in [0, 0.05) is 0 Å². The summed E-state index contributed by atoms with van der Waals surface area (Å²) in [5, 5.41) is 0. The molecule has 4 atom stereocenters. The Labute approximate surface area is 89.5 Å². The highest BCUT2D eigenvalue weighted by molar-refractivity contribution is 5.38. The van der Waals surface area contributed by atoms with Crippen LogP contribution in [-0.2, 0) is 0 Å². The van der Waals surface area contributed by atoms with Crippen molar-refractivity contribution in [3.8, 4) is 0 Å². The molecule has 0 nitrogen and oxygen atoms in total. The van der Waals surface area contributed by atoms with Crippen LogP contribution in [0.25, 0.3) is 0 Å². The van der Waals surface area contributed by atoms with Crippen molar-refractivity contribution in [2.75, 3.05) is 0 Å². The maximum Gasteiger partial charge on any atom is -0.0170 e. The summed E-state index contributed by atoms with van der Waals surface area (Å²) in [4.78, 5) is 0. The molecular weight excluding hydrogens is 168 g/mol. The van der Waals surface area contributed by atoms with Crippen molar-refractivity contribution in [3.63, 3.8) is 0 Å². The van der Waals surface area contributed by atoms with Crippen molar-refractivity contribution >= 4 is 0 Å². The summed E-state index contributed by atoms with van der Waals surface area (Å²) in [7, 11) is 0. The van der Waals surface area contributed by atoms with Crippen LogP contribution in [0.15, 0.2) is 0 Å². The van der Waals surface area contributed by atoms with Gasteiger partial charge in [0.25, 0.3) is 0 Å². The predicted octanol–water partition coefficient (Wildman–Crippen LogP) is 4.49. The zero-order valence-electron chi connectivity index (χ0n) is 10.6. The van der Waals surface area contributed by atoms with Crippen LogP contribution in [-0.4, -0.2) is 0 Å². The zero-order valence-corrected chi connectivity index (χ0v) is 10.6. The lowest BCUT2D eigenvalue weighted by Gasteiger charge is -2.21. The van der Waals surface area contributed by atoms with Gasteiger partial charge in [0.1, 0.15) is 0 Å². The Morgan fingerprint density at radius 3 is 2.21 bits per heavy atom. The molecule has 0 heterocycles. The van der Waals surface area contributed by atoms with Gasteiger partial charge in [0.15, 0.2) is 0 Å². The second-order valence-electron chi connectivity index (χ2n) is 6.22. The van der Waals surface area contributed by atoms with Crippen molar-refractivity contribution in [2.24, 2.45) is 28.6 Å². The molecule has 0 heteroatoms. The van der Waals surface area contributed by atoms with Crippen molar-refractivity contribution < 1.29 is 0 Å². The number of hydrogen-bond donors (Lipinski definition) is 0. The molecule has 0 aliphatic heterocycles. The third-order valence-electron chi connectivity index (χ3n) is 5.31. The van der Waals surface area contributed by atoms with E-state index in [9.17, 15) is 0 Å². The average Bonchev–Trinajstić information content (AvgIpc) is 2.82. The van der Waals surface area contributed by atoms with E-state index >= 15 is 0 Å². The molecule has 0 amide bonds. The van der Waals surface area contributed by atoms with E-state index in [1.165, 1.54) is 25.7 Å². The fourth-order valence-corrected chi connectivity index (χ4v) is 4.84. The topological polar surface area (TPSA) is 0 Å². The Kier molecular flexibility index (Phi) is 2.25. The summed E-state index contributed by atoms with van der Waals surface area (Å²) in [6.45, 7) is 12.0. The number of hydrogen-bond acceptors (Lipinski definition) is 0. The monoisotopic (exact) mass is 194 g/mol. The van der Waals surface area contributed by atoms with Crippen LogP contribution >= 0.6 is 0 Å². The van der Waals surface area contributed by atoms with E-state index in [2.05, 4.69) is 34.6 Å². The third kappa shape index (κ3) is 0.955. The maximum absolute atomic E-state index is 2.56. The lowest BCUT2D eigenvalue weighted by atomic mass is 9.83. The first-order valence-electron chi connectivity index (χ1n) is 6.55. The molecule has 0 radical (unpaired) electrons. The molecule has 2 fully saturated rings. The summed E-state index contributed by atoms with van der Waals surface area (Å²) >= 11 is 0. The van der Waals surface area contributed by atoms with Gasteiger partial charge in [-0.3, -0.25) is 0 Å². The Morgan fingerprint density at radius 2 is 1.79 bits per heavy atom. The van der Waals surface area contributed by atoms with Gasteiger partial charge >= 0.3 is 0 Å². The normalized spacial score (nSPS) is 49.3.